The zero-order valence-corrected chi connectivity index (χ0v) is 35.5. The molecule has 0 bridgehead atoms. The first-order valence-corrected chi connectivity index (χ1v) is 23.1. The molecule has 0 aromatic heterocycles. The van der Waals surface area contributed by atoms with Crippen LogP contribution < -0.4 is 0 Å². The quantitative estimate of drug-likeness (QED) is 0.167. The molecule has 3 heteroatoms. The number of allylic oxidation sites excluding steroid dienone is 4. The van der Waals surface area contributed by atoms with Gasteiger partial charge < -0.3 is 0 Å². The number of hydrogen-bond donors (Lipinski definition) is 0. The van der Waals surface area contributed by atoms with E-state index in [1.165, 1.54) is 69.6 Å². The van der Waals surface area contributed by atoms with Crippen molar-refractivity contribution in [3.05, 3.63) is 173 Å². The van der Waals surface area contributed by atoms with Crippen molar-refractivity contribution in [3.8, 4) is 11.1 Å². The fourth-order valence-electron chi connectivity index (χ4n) is 9.03. The Morgan fingerprint density at radius 3 is 1.44 bits per heavy atom. The first-order valence-electron chi connectivity index (χ1n) is 18.5. The standard InChI is InChI=1S/C23H29.C21H12Cl2.C5H5.Zr/c1-14-9-16-11-17-10-15(2)21(23(6,7)8)13-19(17)18(16)12-20(14)22(3,4)5;22-20-11-9-14(16-5-1-3-7-18(16)20)13-15-10-12-21(23)19-8-4-2-6-17(15)19;1-2-4-5-3-1;/h9-13H,1-8H3;1-12H;1-3H,4H2;. The Kier molecular flexibility index (Phi) is 9.05. The number of fused-ring (bicyclic) bond motifs is 5. The van der Waals surface area contributed by atoms with Crippen molar-refractivity contribution < 1.29 is 21.3 Å². The van der Waals surface area contributed by atoms with Crippen LogP contribution in [0.1, 0.15) is 96.1 Å². The van der Waals surface area contributed by atoms with Crippen LogP contribution in [0.2, 0.25) is 10.0 Å². The van der Waals surface area contributed by atoms with Crippen LogP contribution in [0.25, 0.3) is 32.7 Å². The van der Waals surface area contributed by atoms with E-state index in [4.69, 9.17) is 23.2 Å². The van der Waals surface area contributed by atoms with Crippen molar-refractivity contribution in [3.63, 3.8) is 0 Å². The molecule has 0 spiro atoms. The van der Waals surface area contributed by atoms with Gasteiger partial charge in [-0.25, -0.2) is 0 Å². The van der Waals surface area contributed by atoms with Crippen LogP contribution in [0.3, 0.4) is 0 Å². The number of benzene rings is 6. The summed E-state index contributed by atoms with van der Waals surface area (Å²) in [4.78, 5) is 0. The predicted molar refractivity (Wildman–Crippen MR) is 224 cm³/mol. The van der Waals surface area contributed by atoms with Crippen molar-refractivity contribution in [1.82, 2.24) is 0 Å². The molecule has 0 atom stereocenters. The van der Waals surface area contributed by atoms with E-state index in [2.05, 4.69) is 171 Å². The Balaban J connectivity index is 1.59. The molecule has 8 rings (SSSR count). The summed E-state index contributed by atoms with van der Waals surface area (Å²) in [6.45, 7) is 18.8. The Bertz CT molecular complexity index is 2390. The zero-order valence-electron chi connectivity index (χ0n) is 31.5. The van der Waals surface area contributed by atoms with E-state index < -0.39 is 21.3 Å². The predicted octanol–water partition coefficient (Wildman–Crippen LogP) is 14.3. The van der Waals surface area contributed by atoms with Gasteiger partial charge in [-0.15, -0.1) is 0 Å². The molecule has 0 heterocycles. The summed E-state index contributed by atoms with van der Waals surface area (Å²) in [6.07, 6.45) is 8.13. The maximum atomic E-state index is 6.97. The van der Waals surface area contributed by atoms with Crippen LogP contribution >= 0.6 is 23.2 Å². The molecule has 6 aromatic rings. The van der Waals surface area contributed by atoms with Gasteiger partial charge in [-0.3, -0.25) is 0 Å². The second-order valence-corrected chi connectivity index (χ2v) is 23.9. The van der Waals surface area contributed by atoms with Crippen molar-refractivity contribution in [2.24, 2.45) is 0 Å². The number of rotatable bonds is 4. The topological polar surface area (TPSA) is 0 Å². The molecular weight excluding hydrogens is 751 g/mol. The molecule has 52 heavy (non-hydrogen) atoms. The van der Waals surface area contributed by atoms with E-state index in [1.54, 1.807) is 3.28 Å². The number of hydrogen-bond acceptors (Lipinski definition) is 0. The van der Waals surface area contributed by atoms with Crippen molar-refractivity contribution in [2.45, 2.75) is 76.3 Å². The van der Waals surface area contributed by atoms with E-state index in [0.29, 0.717) is 0 Å². The second-order valence-electron chi connectivity index (χ2n) is 16.8. The van der Waals surface area contributed by atoms with Crippen molar-refractivity contribution in [1.29, 1.82) is 0 Å². The molecule has 0 amide bonds. The van der Waals surface area contributed by atoms with Crippen molar-refractivity contribution in [2.75, 3.05) is 0 Å². The molecule has 0 saturated carbocycles. The molecule has 0 saturated heterocycles. The van der Waals surface area contributed by atoms with Gasteiger partial charge in [0.25, 0.3) is 0 Å². The van der Waals surface area contributed by atoms with Gasteiger partial charge in [0, 0.05) is 0 Å². The third-order valence-corrected chi connectivity index (χ3v) is 20.1. The SMILES string of the molecule is Cc1cc2c(cc1C(C)(C)C)-c1cc(C(C)(C)C)c(C)cc1[CH]2[Zr]([C]1=CC=CC1)=[C](c1ccc(Cl)c2ccccc12)c1ccc(Cl)c2ccccc12. The fourth-order valence-corrected chi connectivity index (χ4v) is 18.6. The molecule has 2 aliphatic carbocycles. The molecule has 0 nitrogen and oxygen atoms in total. The summed E-state index contributed by atoms with van der Waals surface area (Å²) in [5.74, 6) is 0. The molecule has 6 aromatic carbocycles. The Hall–Kier alpha value is -3.35. The monoisotopic (exact) mass is 794 g/mol. The summed E-state index contributed by atoms with van der Waals surface area (Å²) in [6, 6.07) is 36.6. The van der Waals surface area contributed by atoms with Crippen LogP contribution in [0.15, 0.2) is 119 Å². The summed E-state index contributed by atoms with van der Waals surface area (Å²) < 4.78 is 3.42. The number of aryl methyl sites for hydroxylation is 2. The molecule has 0 radical (unpaired) electrons. The van der Waals surface area contributed by atoms with E-state index >= 15 is 0 Å². The third kappa shape index (κ3) is 5.97. The van der Waals surface area contributed by atoms with Gasteiger partial charge in [-0.2, -0.15) is 0 Å². The van der Waals surface area contributed by atoms with Crippen molar-refractivity contribution >= 4 is 48.0 Å². The second kappa shape index (κ2) is 13.2. The summed E-state index contributed by atoms with van der Waals surface area (Å²) in [5.41, 5.74) is 14.2. The molecule has 0 aliphatic heterocycles. The van der Waals surface area contributed by atoms with Crippen LogP contribution in [0.5, 0.6) is 0 Å². The van der Waals surface area contributed by atoms with E-state index in [1.807, 2.05) is 0 Å². The molecule has 260 valence electrons. The van der Waals surface area contributed by atoms with E-state index in [0.717, 1.165) is 27.2 Å². The van der Waals surface area contributed by atoms with Crippen LogP contribution in [0, 0.1) is 13.8 Å². The van der Waals surface area contributed by atoms with Gasteiger partial charge >= 0.3 is 330 Å². The average Bonchev–Trinajstić information content (AvgIpc) is 3.73. The molecule has 0 N–H and O–H groups in total. The molecule has 0 fully saturated rings. The number of halogens is 2. The first kappa shape index (κ1) is 35.7. The third-order valence-electron chi connectivity index (χ3n) is 11.3. The van der Waals surface area contributed by atoms with Gasteiger partial charge in [0.1, 0.15) is 0 Å². The van der Waals surface area contributed by atoms with Gasteiger partial charge in [0.15, 0.2) is 0 Å². The Morgan fingerprint density at radius 2 is 1.04 bits per heavy atom. The van der Waals surface area contributed by atoms with E-state index in [9.17, 15) is 0 Å². The first-order chi connectivity index (χ1) is 24.7. The van der Waals surface area contributed by atoms with E-state index in [-0.39, 0.29) is 14.5 Å². The zero-order chi connectivity index (χ0) is 36.7. The minimum atomic E-state index is -3.06. The minimum absolute atomic E-state index is 0.0378. The molecular formula is C49H46Cl2Zr. The van der Waals surface area contributed by atoms with Gasteiger partial charge in [0.2, 0.25) is 0 Å². The van der Waals surface area contributed by atoms with Crippen LogP contribution in [-0.4, -0.2) is 3.21 Å². The van der Waals surface area contributed by atoms with Crippen LogP contribution in [-0.2, 0) is 32.1 Å². The Labute approximate surface area is 327 Å². The van der Waals surface area contributed by atoms with Crippen LogP contribution in [0.4, 0.5) is 0 Å². The van der Waals surface area contributed by atoms with Gasteiger partial charge in [0.05, 0.1) is 0 Å². The molecule has 0 unspecified atom stereocenters. The average molecular weight is 797 g/mol. The summed E-state index contributed by atoms with van der Waals surface area (Å²) in [5, 5.41) is 6.21. The van der Waals surface area contributed by atoms with Gasteiger partial charge in [-0.1, -0.05) is 0 Å². The maximum absolute atomic E-state index is 6.97. The summed E-state index contributed by atoms with van der Waals surface area (Å²) >= 11 is 10.9. The normalized spacial score (nSPS) is 14.2. The Morgan fingerprint density at radius 1 is 0.596 bits per heavy atom. The fraction of sp³-hybridized carbons (Fsp3) is 0.245. The van der Waals surface area contributed by atoms with Gasteiger partial charge in [-0.05, 0) is 0 Å². The molecule has 2 aliphatic rings. The summed E-state index contributed by atoms with van der Waals surface area (Å²) in [7, 11) is 0.